The van der Waals surface area contributed by atoms with Gasteiger partial charge >= 0.3 is 0 Å². The number of aliphatic hydroxyl groups excluding tert-OH is 1. The molecule has 1 aliphatic carbocycles. The first-order chi connectivity index (χ1) is 8.83. The quantitative estimate of drug-likeness (QED) is 0.828. The van der Waals surface area contributed by atoms with Crippen LogP contribution in [0.3, 0.4) is 0 Å². The molecule has 2 saturated heterocycles. The van der Waals surface area contributed by atoms with Crippen molar-refractivity contribution in [3.8, 4) is 0 Å². The van der Waals surface area contributed by atoms with Gasteiger partial charge in [-0.25, -0.2) is 0 Å². The number of fused-ring (bicyclic) bond motifs is 1. The summed E-state index contributed by atoms with van der Waals surface area (Å²) in [5.41, 5.74) is 0. The largest absolute Gasteiger partial charge is 0.392 e. The summed E-state index contributed by atoms with van der Waals surface area (Å²) in [5, 5.41) is 10.4. The summed E-state index contributed by atoms with van der Waals surface area (Å²) in [6.45, 7) is 5.82. The summed E-state index contributed by atoms with van der Waals surface area (Å²) in [5.74, 6) is 0.584. The van der Waals surface area contributed by atoms with E-state index in [2.05, 4.69) is 9.80 Å². The Hall–Kier alpha value is -0.120. The highest BCUT2D eigenvalue weighted by molar-refractivity contribution is 4.88. The molecular formula is C15H28N2O. The fourth-order valence-electron chi connectivity index (χ4n) is 4.15. The van der Waals surface area contributed by atoms with Crippen LogP contribution in [0.1, 0.15) is 44.9 Å². The normalized spacial score (nSPS) is 33.5. The van der Waals surface area contributed by atoms with Crippen LogP contribution < -0.4 is 0 Å². The summed E-state index contributed by atoms with van der Waals surface area (Å²) in [6, 6.07) is 0.789. The molecule has 3 rings (SSSR count). The summed E-state index contributed by atoms with van der Waals surface area (Å²) in [7, 11) is 0. The van der Waals surface area contributed by atoms with E-state index in [1.807, 2.05) is 0 Å². The van der Waals surface area contributed by atoms with Crippen molar-refractivity contribution < 1.29 is 5.11 Å². The van der Waals surface area contributed by atoms with E-state index in [1.54, 1.807) is 0 Å². The maximum absolute atomic E-state index is 10.4. The minimum Gasteiger partial charge on any atom is -0.392 e. The van der Waals surface area contributed by atoms with Gasteiger partial charge in [0.25, 0.3) is 0 Å². The Morgan fingerprint density at radius 1 is 0.944 bits per heavy atom. The molecule has 3 nitrogen and oxygen atoms in total. The summed E-state index contributed by atoms with van der Waals surface area (Å²) in [6.07, 6.45) is 9.23. The van der Waals surface area contributed by atoms with E-state index in [-0.39, 0.29) is 6.10 Å². The highest BCUT2D eigenvalue weighted by Crippen LogP contribution is 2.28. The van der Waals surface area contributed by atoms with Crippen LogP contribution in [0, 0.1) is 5.92 Å². The van der Waals surface area contributed by atoms with E-state index >= 15 is 0 Å². The molecule has 2 heterocycles. The number of nitrogens with zero attached hydrogens (tertiary/aromatic N) is 2. The standard InChI is InChI=1S/C15H28N2O/c18-15(13-5-2-1-3-6-13)12-16-9-10-17-8-4-7-14(17)11-16/h13-15,18H,1-12H2. The number of rotatable bonds is 3. The Morgan fingerprint density at radius 2 is 1.78 bits per heavy atom. The van der Waals surface area contributed by atoms with Crippen molar-refractivity contribution in [2.45, 2.75) is 57.1 Å². The molecule has 0 spiro atoms. The van der Waals surface area contributed by atoms with Crippen LogP contribution in [0.2, 0.25) is 0 Å². The van der Waals surface area contributed by atoms with Gasteiger partial charge in [-0.15, -0.1) is 0 Å². The molecule has 0 aromatic rings. The van der Waals surface area contributed by atoms with E-state index < -0.39 is 0 Å². The molecule has 0 aromatic heterocycles. The van der Waals surface area contributed by atoms with Gasteiger partial charge in [0.2, 0.25) is 0 Å². The summed E-state index contributed by atoms with van der Waals surface area (Å²) in [4.78, 5) is 5.16. The molecule has 0 bridgehead atoms. The van der Waals surface area contributed by atoms with Crippen molar-refractivity contribution in [2.24, 2.45) is 5.92 Å². The van der Waals surface area contributed by atoms with E-state index in [0.717, 1.165) is 12.6 Å². The number of hydrogen-bond donors (Lipinski definition) is 1. The lowest BCUT2D eigenvalue weighted by Gasteiger charge is -2.39. The van der Waals surface area contributed by atoms with Crippen LogP contribution in [0.15, 0.2) is 0 Å². The molecule has 104 valence electrons. The molecule has 0 radical (unpaired) electrons. The molecule has 1 N–H and O–H groups in total. The molecule has 3 heteroatoms. The highest BCUT2D eigenvalue weighted by Gasteiger charge is 2.32. The second-order valence-corrected chi connectivity index (χ2v) is 6.56. The second-order valence-electron chi connectivity index (χ2n) is 6.56. The lowest BCUT2D eigenvalue weighted by Crippen LogP contribution is -2.52. The van der Waals surface area contributed by atoms with Crippen molar-refractivity contribution in [1.82, 2.24) is 9.80 Å². The van der Waals surface area contributed by atoms with Gasteiger partial charge in [0, 0.05) is 32.2 Å². The molecule has 2 atom stereocenters. The maximum atomic E-state index is 10.4. The molecular weight excluding hydrogens is 224 g/mol. The predicted octanol–water partition coefficient (Wildman–Crippen LogP) is 1.71. The molecule has 1 saturated carbocycles. The molecule has 18 heavy (non-hydrogen) atoms. The fraction of sp³-hybridized carbons (Fsp3) is 1.00. The Labute approximate surface area is 111 Å². The Bertz CT molecular complexity index is 265. The number of aliphatic hydroxyl groups is 1. The van der Waals surface area contributed by atoms with Gasteiger partial charge in [0.15, 0.2) is 0 Å². The molecule has 3 fully saturated rings. The SMILES string of the molecule is OC(CN1CCN2CCCC2C1)C1CCCCC1. The van der Waals surface area contributed by atoms with E-state index in [9.17, 15) is 5.11 Å². The smallest absolute Gasteiger partial charge is 0.0695 e. The topological polar surface area (TPSA) is 26.7 Å². The van der Waals surface area contributed by atoms with Crippen LogP contribution in [-0.2, 0) is 0 Å². The van der Waals surface area contributed by atoms with Gasteiger partial charge in [0.1, 0.15) is 0 Å². The zero-order valence-electron chi connectivity index (χ0n) is 11.6. The van der Waals surface area contributed by atoms with Gasteiger partial charge in [-0.2, -0.15) is 0 Å². The highest BCUT2D eigenvalue weighted by atomic mass is 16.3. The number of piperazine rings is 1. The number of hydrogen-bond acceptors (Lipinski definition) is 3. The van der Waals surface area contributed by atoms with Gasteiger partial charge in [-0.05, 0) is 38.1 Å². The first kappa shape index (κ1) is 12.9. The van der Waals surface area contributed by atoms with E-state index in [1.165, 1.54) is 71.1 Å². The number of β-amino-alcohol motifs (C(OH)–C–C–N with tert-alkyl or cyclic N) is 1. The van der Waals surface area contributed by atoms with Crippen molar-refractivity contribution in [3.63, 3.8) is 0 Å². The summed E-state index contributed by atoms with van der Waals surface area (Å²) < 4.78 is 0. The van der Waals surface area contributed by atoms with E-state index in [0.29, 0.717) is 5.92 Å². The van der Waals surface area contributed by atoms with Gasteiger partial charge in [-0.1, -0.05) is 19.3 Å². The monoisotopic (exact) mass is 252 g/mol. The zero-order chi connectivity index (χ0) is 12.4. The molecule has 0 aromatic carbocycles. The third-order valence-electron chi connectivity index (χ3n) is 5.31. The minimum absolute atomic E-state index is 0.0711. The summed E-state index contributed by atoms with van der Waals surface area (Å²) >= 11 is 0. The van der Waals surface area contributed by atoms with Gasteiger partial charge in [0.05, 0.1) is 6.10 Å². The predicted molar refractivity (Wildman–Crippen MR) is 73.6 cm³/mol. The van der Waals surface area contributed by atoms with Gasteiger partial charge < -0.3 is 5.11 Å². The van der Waals surface area contributed by atoms with Crippen molar-refractivity contribution >= 4 is 0 Å². The maximum Gasteiger partial charge on any atom is 0.0695 e. The Morgan fingerprint density at radius 3 is 2.61 bits per heavy atom. The van der Waals surface area contributed by atoms with Crippen LogP contribution in [0.5, 0.6) is 0 Å². The molecule has 2 aliphatic heterocycles. The third kappa shape index (κ3) is 2.89. The average molecular weight is 252 g/mol. The minimum atomic E-state index is -0.0711. The average Bonchev–Trinajstić information content (AvgIpc) is 2.87. The van der Waals surface area contributed by atoms with Crippen LogP contribution >= 0.6 is 0 Å². The first-order valence-corrected chi connectivity index (χ1v) is 7.97. The third-order valence-corrected chi connectivity index (χ3v) is 5.31. The van der Waals surface area contributed by atoms with Crippen molar-refractivity contribution in [2.75, 3.05) is 32.7 Å². The van der Waals surface area contributed by atoms with Crippen LogP contribution in [-0.4, -0.2) is 59.8 Å². The Balaban J connectivity index is 1.47. The molecule has 2 unspecified atom stereocenters. The fourth-order valence-corrected chi connectivity index (χ4v) is 4.15. The van der Waals surface area contributed by atoms with Crippen molar-refractivity contribution in [1.29, 1.82) is 0 Å². The van der Waals surface area contributed by atoms with Crippen LogP contribution in [0.25, 0.3) is 0 Å². The lowest BCUT2D eigenvalue weighted by molar-refractivity contribution is 0.0208. The first-order valence-electron chi connectivity index (χ1n) is 7.97. The second kappa shape index (κ2) is 5.89. The Kier molecular flexibility index (Phi) is 4.22. The van der Waals surface area contributed by atoms with Crippen molar-refractivity contribution in [3.05, 3.63) is 0 Å². The lowest BCUT2D eigenvalue weighted by atomic mass is 9.85. The van der Waals surface area contributed by atoms with Gasteiger partial charge in [-0.3, -0.25) is 9.80 Å². The molecule has 3 aliphatic rings. The molecule has 0 amide bonds. The van der Waals surface area contributed by atoms with E-state index in [4.69, 9.17) is 0 Å². The zero-order valence-corrected chi connectivity index (χ0v) is 11.6. The van der Waals surface area contributed by atoms with Crippen LogP contribution in [0.4, 0.5) is 0 Å².